The first-order valence-corrected chi connectivity index (χ1v) is 6.84. The van der Waals surface area contributed by atoms with Gasteiger partial charge in [0.2, 0.25) is 5.91 Å². The molecule has 5 nitrogen and oxygen atoms in total. The number of carbonyl (C=O) groups is 1. The Bertz CT molecular complexity index is 255. The van der Waals surface area contributed by atoms with Crippen LogP contribution in [0.25, 0.3) is 0 Å². The molecule has 0 aromatic carbocycles. The van der Waals surface area contributed by atoms with E-state index in [1.165, 1.54) is 0 Å². The van der Waals surface area contributed by atoms with E-state index < -0.39 is 0 Å². The largest absolute Gasteiger partial charge is 0.377 e. The zero-order valence-corrected chi connectivity index (χ0v) is 11.8. The summed E-state index contributed by atoms with van der Waals surface area (Å²) in [6.45, 7) is 6.01. The Kier molecular flexibility index (Phi) is 6.60. The van der Waals surface area contributed by atoms with Crippen molar-refractivity contribution in [3.05, 3.63) is 0 Å². The Morgan fingerprint density at radius 2 is 2.17 bits per heavy atom. The second-order valence-corrected chi connectivity index (χ2v) is 5.34. The normalized spacial score (nSPS) is 17.2. The molecule has 18 heavy (non-hydrogen) atoms. The summed E-state index contributed by atoms with van der Waals surface area (Å²) in [7, 11) is 1.99. The van der Waals surface area contributed by atoms with Crippen molar-refractivity contribution in [3.8, 4) is 0 Å². The van der Waals surface area contributed by atoms with Crippen molar-refractivity contribution >= 4 is 5.91 Å². The second-order valence-electron chi connectivity index (χ2n) is 5.34. The Labute approximate surface area is 110 Å². The molecule has 1 unspecified atom stereocenters. The van der Waals surface area contributed by atoms with Gasteiger partial charge in [0.25, 0.3) is 0 Å². The SMILES string of the molecule is CC(C)OCCN(C)C(CN)CC(=O)NC1CC1. The molecule has 0 heterocycles. The molecule has 0 radical (unpaired) electrons. The average molecular weight is 257 g/mol. The maximum atomic E-state index is 11.7. The van der Waals surface area contributed by atoms with Gasteiger partial charge in [-0.25, -0.2) is 0 Å². The number of nitrogens with one attached hydrogen (secondary N) is 1. The quantitative estimate of drug-likeness (QED) is 0.625. The summed E-state index contributed by atoms with van der Waals surface area (Å²) < 4.78 is 5.50. The zero-order chi connectivity index (χ0) is 13.5. The minimum absolute atomic E-state index is 0.0968. The molecule has 1 aliphatic carbocycles. The lowest BCUT2D eigenvalue weighted by atomic mass is 10.1. The highest BCUT2D eigenvalue weighted by atomic mass is 16.5. The lowest BCUT2D eigenvalue weighted by Crippen LogP contribution is -2.43. The molecule has 0 spiro atoms. The third-order valence-electron chi connectivity index (χ3n) is 3.15. The number of nitrogens with zero attached hydrogens (tertiary/aromatic N) is 1. The molecule has 106 valence electrons. The van der Waals surface area contributed by atoms with E-state index in [0.29, 0.717) is 25.6 Å². The number of likely N-dealkylation sites (N-methyl/N-ethyl adjacent to an activating group) is 1. The van der Waals surface area contributed by atoms with Crippen molar-refractivity contribution < 1.29 is 9.53 Å². The lowest BCUT2D eigenvalue weighted by Gasteiger charge is -2.26. The van der Waals surface area contributed by atoms with E-state index in [4.69, 9.17) is 10.5 Å². The summed E-state index contributed by atoms with van der Waals surface area (Å²) in [6, 6.07) is 0.519. The maximum Gasteiger partial charge on any atom is 0.221 e. The van der Waals surface area contributed by atoms with Crippen LogP contribution in [0.3, 0.4) is 0 Å². The van der Waals surface area contributed by atoms with Crippen molar-refractivity contribution in [1.29, 1.82) is 0 Å². The smallest absolute Gasteiger partial charge is 0.221 e. The molecule has 1 aliphatic rings. The van der Waals surface area contributed by atoms with Crippen LogP contribution in [0.15, 0.2) is 0 Å². The predicted octanol–water partition coefficient (Wildman–Crippen LogP) is 0.339. The van der Waals surface area contributed by atoms with Gasteiger partial charge >= 0.3 is 0 Å². The average Bonchev–Trinajstić information content (AvgIpc) is 3.09. The third kappa shape index (κ3) is 6.33. The van der Waals surface area contributed by atoms with Crippen molar-refractivity contribution in [2.75, 3.05) is 26.7 Å². The number of nitrogens with two attached hydrogens (primary N) is 1. The molecule has 3 N–H and O–H groups in total. The number of carbonyl (C=O) groups excluding carboxylic acids is 1. The van der Waals surface area contributed by atoms with Gasteiger partial charge in [0.05, 0.1) is 12.7 Å². The summed E-state index contributed by atoms with van der Waals surface area (Å²) in [5.74, 6) is 0.115. The monoisotopic (exact) mass is 257 g/mol. The standard InChI is InChI=1S/C13H27N3O2/c1-10(2)18-7-6-16(3)12(9-14)8-13(17)15-11-4-5-11/h10-12H,4-9,14H2,1-3H3,(H,15,17). The van der Waals surface area contributed by atoms with Gasteiger partial charge in [0, 0.05) is 31.6 Å². The molecule has 0 aromatic rings. The van der Waals surface area contributed by atoms with Crippen LogP contribution in [-0.2, 0) is 9.53 Å². The topological polar surface area (TPSA) is 67.6 Å². The highest BCUT2D eigenvalue weighted by Crippen LogP contribution is 2.18. The first-order chi connectivity index (χ1) is 8.52. The van der Waals surface area contributed by atoms with Crippen LogP contribution in [-0.4, -0.2) is 55.7 Å². The van der Waals surface area contributed by atoms with Crippen LogP contribution in [0.5, 0.6) is 0 Å². The second kappa shape index (κ2) is 7.71. The van der Waals surface area contributed by atoms with E-state index in [2.05, 4.69) is 10.2 Å². The molecular formula is C13H27N3O2. The summed E-state index contributed by atoms with van der Waals surface area (Å²) in [4.78, 5) is 13.8. The van der Waals surface area contributed by atoms with Gasteiger partial charge in [-0.2, -0.15) is 0 Å². The summed E-state index contributed by atoms with van der Waals surface area (Å²) in [5.41, 5.74) is 5.74. The summed E-state index contributed by atoms with van der Waals surface area (Å²) in [6.07, 6.45) is 2.97. The van der Waals surface area contributed by atoms with E-state index in [1.807, 2.05) is 20.9 Å². The first-order valence-electron chi connectivity index (χ1n) is 6.84. The van der Waals surface area contributed by atoms with Crippen molar-refractivity contribution in [3.63, 3.8) is 0 Å². The fourth-order valence-electron chi connectivity index (χ4n) is 1.76. The first kappa shape index (κ1) is 15.4. The van der Waals surface area contributed by atoms with Gasteiger partial charge in [-0.1, -0.05) is 0 Å². The van der Waals surface area contributed by atoms with Gasteiger partial charge < -0.3 is 15.8 Å². The van der Waals surface area contributed by atoms with E-state index in [-0.39, 0.29) is 18.1 Å². The van der Waals surface area contributed by atoms with Crippen molar-refractivity contribution in [1.82, 2.24) is 10.2 Å². The molecule has 0 aliphatic heterocycles. The van der Waals surface area contributed by atoms with Crippen molar-refractivity contribution in [2.24, 2.45) is 5.73 Å². The molecule has 1 rings (SSSR count). The molecule has 1 atom stereocenters. The van der Waals surface area contributed by atoms with Crippen LogP contribution < -0.4 is 11.1 Å². The highest BCUT2D eigenvalue weighted by molar-refractivity contribution is 5.77. The van der Waals surface area contributed by atoms with Gasteiger partial charge in [-0.05, 0) is 33.7 Å². The number of amides is 1. The zero-order valence-electron chi connectivity index (χ0n) is 11.8. The van der Waals surface area contributed by atoms with E-state index in [0.717, 1.165) is 19.4 Å². The van der Waals surface area contributed by atoms with Crippen LogP contribution in [0.4, 0.5) is 0 Å². The molecule has 0 aromatic heterocycles. The molecule has 1 fully saturated rings. The maximum absolute atomic E-state index is 11.7. The van der Waals surface area contributed by atoms with E-state index in [1.54, 1.807) is 0 Å². The highest BCUT2D eigenvalue weighted by Gasteiger charge is 2.25. The fraction of sp³-hybridized carbons (Fsp3) is 0.923. The van der Waals surface area contributed by atoms with Crippen molar-refractivity contribution in [2.45, 2.75) is 51.3 Å². The van der Waals surface area contributed by atoms with Crippen LogP contribution >= 0.6 is 0 Å². The lowest BCUT2D eigenvalue weighted by molar-refractivity contribution is -0.122. The third-order valence-corrected chi connectivity index (χ3v) is 3.15. The summed E-state index contributed by atoms with van der Waals surface area (Å²) >= 11 is 0. The van der Waals surface area contributed by atoms with Crippen LogP contribution in [0.1, 0.15) is 33.1 Å². The van der Waals surface area contributed by atoms with Gasteiger partial charge in [0.1, 0.15) is 0 Å². The number of ether oxygens (including phenoxy) is 1. The minimum Gasteiger partial charge on any atom is -0.377 e. The molecule has 0 bridgehead atoms. The Morgan fingerprint density at radius 3 is 2.67 bits per heavy atom. The van der Waals surface area contributed by atoms with Gasteiger partial charge in [-0.15, -0.1) is 0 Å². The van der Waals surface area contributed by atoms with Gasteiger partial charge in [-0.3, -0.25) is 9.69 Å². The number of hydrogen-bond donors (Lipinski definition) is 2. The van der Waals surface area contributed by atoms with E-state index in [9.17, 15) is 4.79 Å². The molecule has 5 heteroatoms. The molecular weight excluding hydrogens is 230 g/mol. The fourth-order valence-corrected chi connectivity index (χ4v) is 1.76. The molecule has 1 saturated carbocycles. The Balaban J connectivity index is 2.22. The molecule has 1 amide bonds. The number of hydrogen-bond acceptors (Lipinski definition) is 4. The Hall–Kier alpha value is -0.650. The predicted molar refractivity (Wildman–Crippen MR) is 72.3 cm³/mol. The molecule has 0 saturated heterocycles. The summed E-state index contributed by atoms with van der Waals surface area (Å²) in [5, 5.41) is 3.00. The Morgan fingerprint density at radius 1 is 1.50 bits per heavy atom. The van der Waals surface area contributed by atoms with Gasteiger partial charge in [0.15, 0.2) is 0 Å². The minimum atomic E-state index is 0.0968. The van der Waals surface area contributed by atoms with E-state index >= 15 is 0 Å². The van der Waals surface area contributed by atoms with Crippen LogP contribution in [0.2, 0.25) is 0 Å². The number of rotatable bonds is 9. The van der Waals surface area contributed by atoms with Crippen LogP contribution in [0, 0.1) is 0 Å².